The van der Waals surface area contributed by atoms with Crippen LogP contribution in [0, 0.1) is 11.3 Å². The van der Waals surface area contributed by atoms with Crippen molar-refractivity contribution in [1.29, 1.82) is 0 Å². The van der Waals surface area contributed by atoms with Crippen LogP contribution in [0.5, 0.6) is 0 Å². The van der Waals surface area contributed by atoms with Gasteiger partial charge >= 0.3 is 6.09 Å². The fourth-order valence-corrected chi connectivity index (χ4v) is 5.11. The molecule has 5 rings (SSSR count). The predicted molar refractivity (Wildman–Crippen MR) is 113 cm³/mol. The van der Waals surface area contributed by atoms with Crippen LogP contribution in [0.3, 0.4) is 0 Å². The maximum absolute atomic E-state index is 13.6. The van der Waals surface area contributed by atoms with Gasteiger partial charge in [0.25, 0.3) is 0 Å². The Morgan fingerprint density at radius 3 is 2.33 bits per heavy atom. The standard InChI is InChI=1S/C24H27N3O3/c28-22(27-20(14-30-23(27)29)11-18-7-3-1-4-8-18)21-13-26(17-24(21)15-25-16-24)12-19-9-5-2-6-10-19/h1-10,20-21,25H,11-17H2/t20-,21-/m0/s1. The highest BCUT2D eigenvalue weighted by Crippen LogP contribution is 2.42. The summed E-state index contributed by atoms with van der Waals surface area (Å²) in [6.07, 6.45) is 0.133. The van der Waals surface area contributed by atoms with Gasteiger partial charge in [0.1, 0.15) is 6.61 Å². The summed E-state index contributed by atoms with van der Waals surface area (Å²) in [4.78, 5) is 29.9. The third-order valence-corrected chi connectivity index (χ3v) is 6.73. The molecular weight excluding hydrogens is 378 g/mol. The van der Waals surface area contributed by atoms with E-state index in [1.807, 2.05) is 48.5 Å². The maximum atomic E-state index is 13.6. The van der Waals surface area contributed by atoms with Crippen LogP contribution in [0.15, 0.2) is 60.7 Å². The van der Waals surface area contributed by atoms with E-state index in [2.05, 4.69) is 22.3 Å². The molecule has 0 saturated carbocycles. The van der Waals surface area contributed by atoms with Gasteiger partial charge < -0.3 is 10.1 Å². The minimum atomic E-state index is -0.495. The van der Waals surface area contributed by atoms with Crippen molar-refractivity contribution in [2.45, 2.75) is 19.0 Å². The topological polar surface area (TPSA) is 61.9 Å². The van der Waals surface area contributed by atoms with Crippen LogP contribution in [0.2, 0.25) is 0 Å². The number of carbonyl (C=O) groups excluding carboxylic acids is 2. The monoisotopic (exact) mass is 405 g/mol. The Morgan fingerprint density at radius 1 is 1.03 bits per heavy atom. The molecule has 2 atom stereocenters. The van der Waals surface area contributed by atoms with Gasteiger partial charge in [0, 0.05) is 38.1 Å². The summed E-state index contributed by atoms with van der Waals surface area (Å²) < 4.78 is 5.31. The van der Waals surface area contributed by atoms with Crippen LogP contribution in [0.4, 0.5) is 4.79 Å². The van der Waals surface area contributed by atoms with Gasteiger partial charge in [0.15, 0.2) is 0 Å². The SMILES string of the molecule is O=C1OC[C@H](Cc2ccccc2)N1C(=O)[C@@H]1CN(Cc2ccccc2)CC12CNC2. The summed E-state index contributed by atoms with van der Waals surface area (Å²) in [6, 6.07) is 20.1. The number of hydrogen-bond donors (Lipinski definition) is 1. The number of benzene rings is 2. The number of carbonyl (C=O) groups is 2. The lowest BCUT2D eigenvalue weighted by Crippen LogP contribution is -2.61. The second-order valence-electron chi connectivity index (χ2n) is 8.80. The van der Waals surface area contributed by atoms with Crippen molar-refractivity contribution < 1.29 is 14.3 Å². The highest BCUT2D eigenvalue weighted by molar-refractivity contribution is 5.95. The lowest BCUT2D eigenvalue weighted by atomic mass is 9.72. The van der Waals surface area contributed by atoms with Gasteiger partial charge in [-0.25, -0.2) is 9.69 Å². The van der Waals surface area contributed by atoms with E-state index in [9.17, 15) is 9.59 Å². The number of imide groups is 1. The van der Waals surface area contributed by atoms with E-state index in [1.54, 1.807) is 0 Å². The summed E-state index contributed by atoms with van der Waals surface area (Å²) in [7, 11) is 0. The quantitative estimate of drug-likeness (QED) is 0.827. The predicted octanol–water partition coefficient (Wildman–Crippen LogP) is 2.30. The van der Waals surface area contributed by atoms with Crippen LogP contribution < -0.4 is 5.32 Å². The first-order valence-corrected chi connectivity index (χ1v) is 10.7. The molecule has 6 heteroatoms. The molecule has 3 aliphatic rings. The molecule has 0 radical (unpaired) electrons. The minimum Gasteiger partial charge on any atom is -0.447 e. The molecule has 3 heterocycles. The van der Waals surface area contributed by atoms with Crippen molar-refractivity contribution in [3.05, 3.63) is 71.8 Å². The van der Waals surface area contributed by atoms with Crippen LogP contribution >= 0.6 is 0 Å². The Kier molecular flexibility index (Phi) is 5.05. The van der Waals surface area contributed by atoms with Gasteiger partial charge in [-0.1, -0.05) is 60.7 Å². The number of nitrogens with zero attached hydrogens (tertiary/aromatic N) is 2. The number of rotatable bonds is 5. The minimum absolute atomic E-state index is 0.0736. The van der Waals surface area contributed by atoms with E-state index >= 15 is 0 Å². The summed E-state index contributed by atoms with van der Waals surface area (Å²) in [5, 5.41) is 3.35. The van der Waals surface area contributed by atoms with Crippen LogP contribution in [0.25, 0.3) is 0 Å². The number of cyclic esters (lactones) is 1. The Bertz CT molecular complexity index is 914. The Balaban J connectivity index is 1.33. The Labute approximate surface area is 176 Å². The number of amides is 2. The molecule has 2 aromatic rings. The van der Waals surface area contributed by atoms with Crippen molar-refractivity contribution in [3.8, 4) is 0 Å². The van der Waals surface area contributed by atoms with Crippen molar-refractivity contribution in [2.75, 3.05) is 32.8 Å². The average molecular weight is 405 g/mol. The summed E-state index contributed by atoms with van der Waals surface area (Å²) in [6.45, 7) is 4.28. The van der Waals surface area contributed by atoms with E-state index in [4.69, 9.17) is 4.74 Å². The molecule has 2 aromatic carbocycles. The molecule has 0 unspecified atom stereocenters. The molecule has 1 spiro atoms. The molecule has 3 fully saturated rings. The van der Waals surface area contributed by atoms with Crippen molar-refractivity contribution >= 4 is 12.0 Å². The number of ether oxygens (including phenoxy) is 1. The van der Waals surface area contributed by atoms with Gasteiger partial charge in [-0.15, -0.1) is 0 Å². The van der Waals surface area contributed by atoms with Gasteiger partial charge in [0.2, 0.25) is 5.91 Å². The van der Waals surface area contributed by atoms with E-state index < -0.39 is 6.09 Å². The zero-order chi connectivity index (χ0) is 20.6. The first-order valence-electron chi connectivity index (χ1n) is 10.7. The fraction of sp³-hybridized carbons (Fsp3) is 0.417. The maximum Gasteiger partial charge on any atom is 0.416 e. The molecule has 30 heavy (non-hydrogen) atoms. The van der Waals surface area contributed by atoms with Gasteiger partial charge in [-0.05, 0) is 17.5 Å². The van der Waals surface area contributed by atoms with E-state index in [0.29, 0.717) is 13.0 Å². The lowest BCUT2D eigenvalue weighted by molar-refractivity contribution is -0.137. The molecule has 156 valence electrons. The summed E-state index contributed by atoms with van der Waals surface area (Å²) >= 11 is 0. The van der Waals surface area contributed by atoms with Crippen molar-refractivity contribution in [3.63, 3.8) is 0 Å². The summed E-state index contributed by atoms with van der Waals surface area (Å²) in [5.41, 5.74) is 2.26. The third kappa shape index (κ3) is 3.50. The molecule has 0 aromatic heterocycles. The fourth-order valence-electron chi connectivity index (χ4n) is 5.11. The molecule has 6 nitrogen and oxygen atoms in total. The van der Waals surface area contributed by atoms with Gasteiger partial charge in [-0.2, -0.15) is 0 Å². The molecule has 2 amide bonds. The molecule has 0 bridgehead atoms. The second-order valence-corrected chi connectivity index (χ2v) is 8.80. The first-order chi connectivity index (χ1) is 14.6. The highest BCUT2D eigenvalue weighted by atomic mass is 16.6. The second kappa shape index (κ2) is 7.85. The lowest BCUT2D eigenvalue weighted by Gasteiger charge is -2.43. The van der Waals surface area contributed by atoms with Crippen LogP contribution in [-0.4, -0.2) is 60.6 Å². The number of nitrogens with one attached hydrogen (secondary N) is 1. The zero-order valence-electron chi connectivity index (χ0n) is 17.0. The van der Waals surface area contributed by atoms with Crippen LogP contribution in [-0.2, 0) is 22.5 Å². The van der Waals surface area contributed by atoms with Crippen LogP contribution in [0.1, 0.15) is 11.1 Å². The zero-order valence-corrected chi connectivity index (χ0v) is 17.0. The third-order valence-electron chi connectivity index (χ3n) is 6.73. The largest absolute Gasteiger partial charge is 0.447 e. The van der Waals surface area contributed by atoms with Crippen molar-refractivity contribution in [2.24, 2.45) is 11.3 Å². The Hall–Kier alpha value is -2.70. The van der Waals surface area contributed by atoms with E-state index in [-0.39, 0.29) is 29.9 Å². The summed E-state index contributed by atoms with van der Waals surface area (Å²) in [5.74, 6) is -0.262. The van der Waals surface area contributed by atoms with E-state index in [1.165, 1.54) is 10.5 Å². The number of likely N-dealkylation sites (tertiary alicyclic amines) is 1. The van der Waals surface area contributed by atoms with Gasteiger partial charge in [0.05, 0.1) is 12.0 Å². The van der Waals surface area contributed by atoms with E-state index in [0.717, 1.165) is 31.7 Å². The first kappa shape index (κ1) is 19.3. The smallest absolute Gasteiger partial charge is 0.416 e. The molecule has 1 N–H and O–H groups in total. The molecular formula is C24H27N3O3. The molecule has 3 saturated heterocycles. The molecule has 3 aliphatic heterocycles. The Morgan fingerprint density at radius 2 is 1.70 bits per heavy atom. The van der Waals surface area contributed by atoms with Gasteiger partial charge in [-0.3, -0.25) is 9.69 Å². The normalized spacial score (nSPS) is 25.3. The highest BCUT2D eigenvalue weighted by Gasteiger charge is 2.56. The number of hydrogen-bond acceptors (Lipinski definition) is 5. The molecule has 0 aliphatic carbocycles. The average Bonchev–Trinajstić information content (AvgIpc) is 3.30. The van der Waals surface area contributed by atoms with Crippen molar-refractivity contribution in [1.82, 2.24) is 15.1 Å².